The summed E-state index contributed by atoms with van der Waals surface area (Å²) in [6.07, 6.45) is 2.62. The van der Waals surface area contributed by atoms with E-state index >= 15 is 0 Å². The van der Waals surface area contributed by atoms with Gasteiger partial charge in [0.15, 0.2) is 0 Å². The summed E-state index contributed by atoms with van der Waals surface area (Å²) in [5, 5.41) is 7.70. The van der Waals surface area contributed by atoms with Crippen molar-refractivity contribution in [2.45, 2.75) is 32.2 Å². The molecule has 1 fully saturated rings. The fourth-order valence-corrected chi connectivity index (χ4v) is 3.00. The van der Waals surface area contributed by atoms with Crippen molar-refractivity contribution in [3.05, 3.63) is 47.5 Å². The topological polar surface area (TPSA) is 42.7 Å². The maximum atomic E-state index is 4.43. The first-order valence-corrected chi connectivity index (χ1v) is 6.89. The Morgan fingerprint density at radius 2 is 2.11 bits per heavy atom. The van der Waals surface area contributed by atoms with Gasteiger partial charge in [0, 0.05) is 31.5 Å². The molecule has 19 heavy (non-hydrogen) atoms. The zero-order valence-corrected chi connectivity index (χ0v) is 11.6. The molecule has 0 amide bonds. The second kappa shape index (κ2) is 4.78. The van der Waals surface area contributed by atoms with E-state index in [1.54, 1.807) is 6.33 Å². The van der Waals surface area contributed by atoms with Crippen LogP contribution in [0.5, 0.6) is 0 Å². The molecule has 0 unspecified atom stereocenters. The summed E-state index contributed by atoms with van der Waals surface area (Å²) < 4.78 is 2.00. The average Bonchev–Trinajstić information content (AvgIpc) is 2.82. The Labute approximate surface area is 113 Å². The predicted molar refractivity (Wildman–Crippen MR) is 75.1 cm³/mol. The fraction of sp³-hybridized carbons (Fsp3) is 0.467. The molecule has 0 saturated carbocycles. The summed E-state index contributed by atoms with van der Waals surface area (Å²) in [7, 11) is 0. The molecule has 1 N–H and O–H groups in total. The van der Waals surface area contributed by atoms with Crippen LogP contribution in [0.3, 0.4) is 0 Å². The van der Waals surface area contributed by atoms with Gasteiger partial charge in [-0.2, -0.15) is 5.10 Å². The number of hydrogen-bond acceptors (Lipinski definition) is 3. The van der Waals surface area contributed by atoms with E-state index in [9.17, 15) is 0 Å². The van der Waals surface area contributed by atoms with Crippen LogP contribution < -0.4 is 5.32 Å². The minimum atomic E-state index is 0.186. The molecule has 1 saturated heterocycles. The monoisotopic (exact) mass is 256 g/mol. The van der Waals surface area contributed by atoms with Crippen molar-refractivity contribution in [3.8, 4) is 0 Å². The largest absolute Gasteiger partial charge is 0.315 e. The molecule has 0 spiro atoms. The molecule has 2 aromatic rings. The van der Waals surface area contributed by atoms with Crippen molar-refractivity contribution in [1.29, 1.82) is 0 Å². The van der Waals surface area contributed by atoms with Gasteiger partial charge in [0.05, 0.1) is 0 Å². The SMILES string of the molecule is CCn1ncnc1CC1(c2ccccc2C)CNC1. The van der Waals surface area contributed by atoms with Crippen LogP contribution in [0.25, 0.3) is 0 Å². The number of rotatable bonds is 4. The summed E-state index contributed by atoms with van der Waals surface area (Å²) in [5.41, 5.74) is 3.00. The maximum absolute atomic E-state index is 4.43. The molecule has 2 heterocycles. The Kier molecular flexibility index (Phi) is 3.11. The van der Waals surface area contributed by atoms with Crippen LogP contribution in [0.1, 0.15) is 23.9 Å². The molecule has 4 nitrogen and oxygen atoms in total. The van der Waals surface area contributed by atoms with E-state index < -0.39 is 0 Å². The van der Waals surface area contributed by atoms with Crippen LogP contribution in [-0.4, -0.2) is 27.9 Å². The highest BCUT2D eigenvalue weighted by Gasteiger charge is 2.40. The van der Waals surface area contributed by atoms with Crippen LogP contribution in [0, 0.1) is 6.92 Å². The summed E-state index contributed by atoms with van der Waals surface area (Å²) in [5.74, 6) is 1.09. The van der Waals surface area contributed by atoms with Crippen LogP contribution in [0.2, 0.25) is 0 Å². The van der Waals surface area contributed by atoms with Gasteiger partial charge in [0.1, 0.15) is 12.2 Å². The molecule has 1 aromatic heterocycles. The fourth-order valence-electron chi connectivity index (χ4n) is 3.00. The quantitative estimate of drug-likeness (QED) is 0.905. The van der Waals surface area contributed by atoms with Crippen molar-refractivity contribution in [3.63, 3.8) is 0 Å². The molecule has 1 aliphatic heterocycles. The Bertz CT molecular complexity index is 569. The molecule has 1 aliphatic rings. The lowest BCUT2D eigenvalue weighted by Crippen LogP contribution is -2.58. The second-order valence-electron chi connectivity index (χ2n) is 5.37. The van der Waals surface area contributed by atoms with Crippen LogP contribution in [0.4, 0.5) is 0 Å². The molecule has 0 atom stereocenters. The number of aryl methyl sites for hydroxylation is 2. The number of benzene rings is 1. The molecule has 0 bridgehead atoms. The molecule has 4 heteroatoms. The van der Waals surface area contributed by atoms with Crippen LogP contribution in [0.15, 0.2) is 30.6 Å². The van der Waals surface area contributed by atoms with E-state index in [0.29, 0.717) is 0 Å². The highest BCUT2D eigenvalue weighted by molar-refractivity contribution is 5.37. The number of hydrogen-bond donors (Lipinski definition) is 1. The zero-order chi connectivity index (χ0) is 13.3. The summed E-state index contributed by atoms with van der Waals surface area (Å²) in [6, 6.07) is 8.68. The minimum Gasteiger partial charge on any atom is -0.315 e. The highest BCUT2D eigenvalue weighted by Crippen LogP contribution is 2.33. The molecule has 1 aromatic carbocycles. The van der Waals surface area contributed by atoms with Crippen molar-refractivity contribution < 1.29 is 0 Å². The van der Waals surface area contributed by atoms with Gasteiger partial charge in [-0.3, -0.25) is 4.68 Å². The first kappa shape index (κ1) is 12.4. The van der Waals surface area contributed by atoms with E-state index in [2.05, 4.69) is 53.5 Å². The van der Waals surface area contributed by atoms with Gasteiger partial charge < -0.3 is 5.32 Å². The lowest BCUT2D eigenvalue weighted by atomic mass is 9.71. The Morgan fingerprint density at radius 1 is 1.32 bits per heavy atom. The van der Waals surface area contributed by atoms with E-state index in [0.717, 1.165) is 31.9 Å². The van der Waals surface area contributed by atoms with E-state index in [4.69, 9.17) is 0 Å². The highest BCUT2D eigenvalue weighted by atomic mass is 15.3. The van der Waals surface area contributed by atoms with Crippen LogP contribution >= 0.6 is 0 Å². The van der Waals surface area contributed by atoms with E-state index in [1.165, 1.54) is 11.1 Å². The maximum Gasteiger partial charge on any atom is 0.138 e. The molecule has 0 aliphatic carbocycles. The smallest absolute Gasteiger partial charge is 0.138 e. The lowest BCUT2D eigenvalue weighted by molar-refractivity contribution is 0.265. The van der Waals surface area contributed by atoms with Crippen molar-refractivity contribution >= 4 is 0 Å². The molecular weight excluding hydrogens is 236 g/mol. The van der Waals surface area contributed by atoms with Crippen molar-refractivity contribution in [2.75, 3.05) is 13.1 Å². The first-order chi connectivity index (χ1) is 9.25. The van der Waals surface area contributed by atoms with Crippen molar-refractivity contribution in [2.24, 2.45) is 0 Å². The van der Waals surface area contributed by atoms with Gasteiger partial charge >= 0.3 is 0 Å². The summed E-state index contributed by atoms with van der Waals surface area (Å²) in [4.78, 5) is 4.43. The van der Waals surface area contributed by atoms with Gasteiger partial charge in [-0.05, 0) is 25.0 Å². The average molecular weight is 256 g/mol. The predicted octanol–water partition coefficient (Wildman–Crippen LogP) is 1.69. The van der Waals surface area contributed by atoms with E-state index in [1.807, 2.05) is 4.68 Å². The van der Waals surface area contributed by atoms with Crippen LogP contribution in [-0.2, 0) is 18.4 Å². The molecule has 3 rings (SSSR count). The summed E-state index contributed by atoms with van der Waals surface area (Å²) >= 11 is 0. The number of nitrogens with one attached hydrogen (secondary N) is 1. The third-order valence-electron chi connectivity index (χ3n) is 4.13. The van der Waals surface area contributed by atoms with Gasteiger partial charge in [-0.25, -0.2) is 4.98 Å². The standard InChI is InChI=1S/C15H20N4/c1-3-19-14(17-11-18-19)8-15(9-16-10-15)13-7-5-4-6-12(13)2/h4-7,11,16H,3,8-10H2,1-2H3. The normalized spacial score (nSPS) is 17.2. The Hall–Kier alpha value is -1.68. The Morgan fingerprint density at radius 3 is 2.74 bits per heavy atom. The molecule has 0 radical (unpaired) electrons. The minimum absolute atomic E-state index is 0.186. The van der Waals surface area contributed by atoms with Gasteiger partial charge in [-0.1, -0.05) is 24.3 Å². The van der Waals surface area contributed by atoms with Gasteiger partial charge in [0.25, 0.3) is 0 Å². The van der Waals surface area contributed by atoms with Gasteiger partial charge in [0.2, 0.25) is 0 Å². The van der Waals surface area contributed by atoms with E-state index in [-0.39, 0.29) is 5.41 Å². The lowest BCUT2D eigenvalue weighted by Gasteiger charge is -2.44. The Balaban J connectivity index is 1.94. The molecular formula is C15H20N4. The van der Waals surface area contributed by atoms with Gasteiger partial charge in [-0.15, -0.1) is 0 Å². The number of nitrogens with zero attached hydrogens (tertiary/aromatic N) is 3. The second-order valence-corrected chi connectivity index (χ2v) is 5.37. The zero-order valence-electron chi connectivity index (χ0n) is 11.6. The van der Waals surface area contributed by atoms with Crippen molar-refractivity contribution in [1.82, 2.24) is 20.1 Å². The number of aromatic nitrogens is 3. The third kappa shape index (κ3) is 2.06. The first-order valence-electron chi connectivity index (χ1n) is 6.89. The third-order valence-corrected chi connectivity index (χ3v) is 4.13. The summed E-state index contributed by atoms with van der Waals surface area (Å²) in [6.45, 7) is 7.23. The molecule has 100 valence electrons.